The van der Waals surface area contributed by atoms with Crippen LogP contribution in [0.2, 0.25) is 0 Å². The molecule has 1 N–H and O–H groups in total. The lowest BCUT2D eigenvalue weighted by molar-refractivity contribution is 0.679. The third-order valence-corrected chi connectivity index (χ3v) is 1.79. The first-order valence-corrected chi connectivity index (χ1v) is 5.06. The molecule has 0 aliphatic heterocycles. The molecular weight excluding hydrogens is 174 g/mol. The van der Waals surface area contributed by atoms with Crippen LogP contribution in [0.15, 0.2) is 24.7 Å². The van der Waals surface area contributed by atoms with Crippen molar-refractivity contribution in [1.82, 2.24) is 15.3 Å². The van der Waals surface area contributed by atoms with E-state index in [1.807, 2.05) is 6.08 Å². The van der Waals surface area contributed by atoms with Gasteiger partial charge in [0.05, 0.1) is 11.9 Å². The largest absolute Gasteiger partial charge is 0.316 e. The second kappa shape index (κ2) is 7.21. The van der Waals surface area contributed by atoms with E-state index in [1.54, 1.807) is 18.6 Å². The Hall–Kier alpha value is -1.22. The molecular formula is C11H17N3. The van der Waals surface area contributed by atoms with Crippen LogP contribution in [0.3, 0.4) is 0 Å². The van der Waals surface area contributed by atoms with Crippen LogP contribution in [0.5, 0.6) is 0 Å². The zero-order valence-corrected chi connectivity index (χ0v) is 8.61. The molecule has 0 amide bonds. The van der Waals surface area contributed by atoms with Crippen molar-refractivity contribution in [2.75, 3.05) is 13.1 Å². The van der Waals surface area contributed by atoms with Crippen LogP contribution >= 0.6 is 0 Å². The van der Waals surface area contributed by atoms with Gasteiger partial charge in [-0.05, 0) is 32.0 Å². The normalized spacial score (nSPS) is 10.9. The van der Waals surface area contributed by atoms with E-state index in [2.05, 4.69) is 28.3 Å². The molecule has 3 heteroatoms. The van der Waals surface area contributed by atoms with Gasteiger partial charge in [0.1, 0.15) is 0 Å². The highest BCUT2D eigenvalue weighted by atomic mass is 14.8. The van der Waals surface area contributed by atoms with Crippen molar-refractivity contribution in [1.29, 1.82) is 0 Å². The molecule has 0 unspecified atom stereocenters. The fraction of sp³-hybridized carbons (Fsp3) is 0.455. The molecule has 0 fully saturated rings. The molecule has 0 bridgehead atoms. The van der Waals surface area contributed by atoms with Crippen LogP contribution in [-0.4, -0.2) is 23.1 Å². The van der Waals surface area contributed by atoms with Crippen LogP contribution in [0.1, 0.15) is 25.5 Å². The van der Waals surface area contributed by atoms with Gasteiger partial charge in [0.15, 0.2) is 0 Å². The maximum absolute atomic E-state index is 4.14. The third kappa shape index (κ3) is 4.72. The molecule has 3 nitrogen and oxygen atoms in total. The maximum atomic E-state index is 4.14. The molecule has 1 aromatic heterocycles. The van der Waals surface area contributed by atoms with Crippen LogP contribution in [-0.2, 0) is 0 Å². The number of aromatic nitrogens is 2. The standard InChI is InChI=1S/C11H17N3/c1-2-6-12-7-4-3-5-11-10-13-8-9-14-11/h3,5,8-10,12H,2,4,6-7H2,1H3. The molecule has 14 heavy (non-hydrogen) atoms. The van der Waals surface area contributed by atoms with Crippen molar-refractivity contribution < 1.29 is 0 Å². The Balaban J connectivity index is 2.15. The zero-order valence-electron chi connectivity index (χ0n) is 8.61. The number of hydrogen-bond acceptors (Lipinski definition) is 3. The molecule has 1 heterocycles. The summed E-state index contributed by atoms with van der Waals surface area (Å²) in [6.07, 6.45) is 11.5. The Morgan fingerprint density at radius 2 is 2.29 bits per heavy atom. The highest BCUT2D eigenvalue weighted by Gasteiger charge is 1.85. The van der Waals surface area contributed by atoms with Gasteiger partial charge < -0.3 is 5.32 Å². The van der Waals surface area contributed by atoms with Crippen molar-refractivity contribution in [3.05, 3.63) is 30.4 Å². The van der Waals surface area contributed by atoms with Gasteiger partial charge in [-0.25, -0.2) is 0 Å². The second-order valence-electron chi connectivity index (χ2n) is 3.07. The lowest BCUT2D eigenvalue weighted by atomic mass is 10.3. The zero-order chi connectivity index (χ0) is 10.1. The van der Waals surface area contributed by atoms with Crippen LogP contribution < -0.4 is 5.32 Å². The summed E-state index contributed by atoms with van der Waals surface area (Å²) in [5.41, 5.74) is 0.919. The number of nitrogens with zero attached hydrogens (tertiary/aromatic N) is 2. The van der Waals surface area contributed by atoms with Gasteiger partial charge in [0.25, 0.3) is 0 Å². The predicted octanol–water partition coefficient (Wildman–Crippen LogP) is 1.88. The number of rotatable bonds is 6. The van der Waals surface area contributed by atoms with Gasteiger partial charge >= 0.3 is 0 Å². The number of nitrogens with one attached hydrogen (secondary N) is 1. The Labute approximate surface area is 85.3 Å². The minimum absolute atomic E-state index is 0.919. The van der Waals surface area contributed by atoms with E-state index < -0.39 is 0 Å². The first-order valence-electron chi connectivity index (χ1n) is 5.06. The molecule has 0 saturated heterocycles. The Morgan fingerprint density at radius 3 is 3.00 bits per heavy atom. The maximum Gasteiger partial charge on any atom is 0.0809 e. The summed E-state index contributed by atoms with van der Waals surface area (Å²) in [7, 11) is 0. The molecule has 0 atom stereocenters. The molecule has 0 aliphatic rings. The highest BCUT2D eigenvalue weighted by molar-refractivity contribution is 5.42. The summed E-state index contributed by atoms with van der Waals surface area (Å²) in [5.74, 6) is 0. The van der Waals surface area contributed by atoms with Crippen LogP contribution in [0, 0.1) is 0 Å². The summed E-state index contributed by atoms with van der Waals surface area (Å²) in [6, 6.07) is 0. The molecule has 0 aromatic carbocycles. The molecule has 0 saturated carbocycles. The molecule has 76 valence electrons. The Morgan fingerprint density at radius 1 is 1.36 bits per heavy atom. The van der Waals surface area contributed by atoms with E-state index in [1.165, 1.54) is 6.42 Å². The van der Waals surface area contributed by atoms with Gasteiger partial charge in [0, 0.05) is 12.4 Å². The monoisotopic (exact) mass is 191 g/mol. The van der Waals surface area contributed by atoms with Crippen molar-refractivity contribution >= 4 is 6.08 Å². The van der Waals surface area contributed by atoms with Crippen molar-refractivity contribution in [3.8, 4) is 0 Å². The smallest absolute Gasteiger partial charge is 0.0809 e. The molecule has 1 rings (SSSR count). The predicted molar refractivity (Wildman–Crippen MR) is 58.8 cm³/mol. The average molecular weight is 191 g/mol. The lowest BCUT2D eigenvalue weighted by Crippen LogP contribution is -2.14. The summed E-state index contributed by atoms with van der Waals surface area (Å²) in [4.78, 5) is 8.13. The first-order chi connectivity index (χ1) is 6.93. The van der Waals surface area contributed by atoms with E-state index in [0.717, 1.165) is 25.2 Å². The fourth-order valence-corrected chi connectivity index (χ4v) is 1.09. The van der Waals surface area contributed by atoms with E-state index in [0.29, 0.717) is 0 Å². The van der Waals surface area contributed by atoms with Crippen molar-refractivity contribution in [3.63, 3.8) is 0 Å². The summed E-state index contributed by atoms with van der Waals surface area (Å²) >= 11 is 0. The van der Waals surface area contributed by atoms with Crippen molar-refractivity contribution in [2.24, 2.45) is 0 Å². The van der Waals surface area contributed by atoms with Gasteiger partial charge in [-0.15, -0.1) is 0 Å². The summed E-state index contributed by atoms with van der Waals surface area (Å²) < 4.78 is 0. The topological polar surface area (TPSA) is 37.8 Å². The van der Waals surface area contributed by atoms with E-state index in [9.17, 15) is 0 Å². The fourth-order valence-electron chi connectivity index (χ4n) is 1.09. The average Bonchev–Trinajstić information content (AvgIpc) is 2.25. The molecule has 0 aliphatic carbocycles. The minimum Gasteiger partial charge on any atom is -0.316 e. The highest BCUT2D eigenvalue weighted by Crippen LogP contribution is 1.94. The van der Waals surface area contributed by atoms with Gasteiger partial charge in [-0.3, -0.25) is 9.97 Å². The summed E-state index contributed by atoms with van der Waals surface area (Å²) in [6.45, 7) is 4.30. The van der Waals surface area contributed by atoms with Gasteiger partial charge in [-0.1, -0.05) is 13.0 Å². The Kier molecular flexibility index (Phi) is 5.59. The van der Waals surface area contributed by atoms with E-state index >= 15 is 0 Å². The van der Waals surface area contributed by atoms with Gasteiger partial charge in [0.2, 0.25) is 0 Å². The summed E-state index contributed by atoms with van der Waals surface area (Å²) in [5, 5.41) is 3.33. The van der Waals surface area contributed by atoms with Gasteiger partial charge in [-0.2, -0.15) is 0 Å². The van der Waals surface area contributed by atoms with Crippen LogP contribution in [0.25, 0.3) is 6.08 Å². The third-order valence-electron chi connectivity index (χ3n) is 1.79. The molecule has 1 aromatic rings. The van der Waals surface area contributed by atoms with E-state index in [4.69, 9.17) is 0 Å². The second-order valence-corrected chi connectivity index (χ2v) is 3.07. The first kappa shape index (κ1) is 10.9. The molecule has 0 spiro atoms. The number of hydrogen-bond donors (Lipinski definition) is 1. The minimum atomic E-state index is 0.919. The van der Waals surface area contributed by atoms with Crippen molar-refractivity contribution in [2.45, 2.75) is 19.8 Å². The SMILES string of the molecule is CCCNCCC=Cc1cnccn1. The van der Waals surface area contributed by atoms with Crippen LogP contribution in [0.4, 0.5) is 0 Å². The molecule has 0 radical (unpaired) electrons. The Bertz CT molecular complexity index is 256. The quantitative estimate of drug-likeness (QED) is 0.698. The lowest BCUT2D eigenvalue weighted by Gasteiger charge is -1.97. The van der Waals surface area contributed by atoms with E-state index in [-0.39, 0.29) is 0 Å².